The van der Waals surface area contributed by atoms with Gasteiger partial charge in [0.15, 0.2) is 17.7 Å². The molecule has 7 heteroatoms. The van der Waals surface area contributed by atoms with Crippen LogP contribution >= 0.6 is 11.3 Å². The van der Waals surface area contributed by atoms with Crippen molar-refractivity contribution in [2.75, 3.05) is 0 Å². The molecule has 1 aliphatic heterocycles. The molecule has 1 aromatic carbocycles. The van der Waals surface area contributed by atoms with Gasteiger partial charge in [-0.25, -0.2) is 9.97 Å². The van der Waals surface area contributed by atoms with E-state index in [1.165, 1.54) is 0 Å². The van der Waals surface area contributed by atoms with Gasteiger partial charge in [0.05, 0.1) is 21.0 Å². The summed E-state index contributed by atoms with van der Waals surface area (Å²) in [5, 5.41) is 13.3. The summed E-state index contributed by atoms with van der Waals surface area (Å²) in [5.41, 5.74) is 3.09. The summed E-state index contributed by atoms with van der Waals surface area (Å²) in [6.07, 6.45) is 2.84. The largest absolute Gasteiger partial charge is 0.369 e. The Morgan fingerprint density at radius 1 is 1.12 bits per heavy atom. The molecule has 5 heterocycles. The minimum Gasteiger partial charge on any atom is -0.369 e. The third kappa shape index (κ3) is 1.42. The van der Waals surface area contributed by atoms with Crippen molar-refractivity contribution < 1.29 is 5.11 Å². The molecule has 122 valence electrons. The molecule has 0 radical (unpaired) electrons. The highest BCUT2D eigenvalue weighted by Gasteiger charge is 2.31. The van der Waals surface area contributed by atoms with Crippen LogP contribution in [-0.4, -0.2) is 24.0 Å². The number of nitrogens with zero attached hydrogens (tertiary/aromatic N) is 4. The van der Waals surface area contributed by atoms with E-state index < -0.39 is 6.23 Å². The quantitative estimate of drug-likeness (QED) is 0.467. The summed E-state index contributed by atoms with van der Waals surface area (Å²) in [6, 6.07) is 3.67. The monoisotopic (exact) mass is 348 g/mol. The molecule has 0 bridgehead atoms. The van der Waals surface area contributed by atoms with E-state index in [2.05, 4.69) is 9.97 Å². The average Bonchev–Trinajstić information content (AvgIpc) is 3.26. The number of fused-ring (bicyclic) bond motifs is 4. The van der Waals surface area contributed by atoms with Gasteiger partial charge in [-0.15, -0.1) is 11.3 Å². The van der Waals surface area contributed by atoms with E-state index in [-0.39, 0.29) is 5.56 Å². The van der Waals surface area contributed by atoms with Crippen LogP contribution in [0.15, 0.2) is 29.3 Å². The minimum atomic E-state index is -0.793. The molecule has 0 fully saturated rings. The molecule has 4 aromatic heterocycles. The van der Waals surface area contributed by atoms with Gasteiger partial charge in [-0.3, -0.25) is 13.8 Å². The number of aliphatic hydroxyl groups is 1. The van der Waals surface area contributed by atoms with Crippen molar-refractivity contribution in [3.63, 3.8) is 0 Å². The summed E-state index contributed by atoms with van der Waals surface area (Å²) in [7, 11) is 0. The van der Waals surface area contributed by atoms with Crippen LogP contribution in [0.1, 0.15) is 23.2 Å². The molecule has 25 heavy (non-hydrogen) atoms. The standard InChI is InChI=1S/C18H12N4O2S/c1-7-5-21-15(19-7)13-11-9(17(21)23)3-4-10-12(11)14(25-13)16-20-8(2)6-22(16)18(10)24/h3-6,17,23H,1-2H3. The normalized spacial score (nSPS) is 16.4. The van der Waals surface area contributed by atoms with Gasteiger partial charge in [0.2, 0.25) is 0 Å². The van der Waals surface area contributed by atoms with Crippen molar-refractivity contribution in [1.29, 1.82) is 0 Å². The van der Waals surface area contributed by atoms with Crippen LogP contribution < -0.4 is 5.56 Å². The summed E-state index contributed by atoms with van der Waals surface area (Å²) >= 11 is 1.59. The maximum atomic E-state index is 12.9. The molecular weight excluding hydrogens is 336 g/mol. The van der Waals surface area contributed by atoms with Crippen LogP contribution in [0.3, 0.4) is 0 Å². The molecule has 5 aromatic rings. The topological polar surface area (TPSA) is 72.4 Å². The molecule has 1 aliphatic rings. The number of pyridine rings is 1. The number of hydrogen-bond donors (Lipinski definition) is 1. The van der Waals surface area contributed by atoms with Gasteiger partial charge < -0.3 is 5.11 Å². The van der Waals surface area contributed by atoms with Gasteiger partial charge >= 0.3 is 0 Å². The second-order valence-electron chi connectivity index (χ2n) is 6.58. The van der Waals surface area contributed by atoms with E-state index in [1.807, 2.05) is 32.2 Å². The van der Waals surface area contributed by atoms with Gasteiger partial charge in [0.1, 0.15) is 0 Å². The first-order chi connectivity index (χ1) is 12.0. The lowest BCUT2D eigenvalue weighted by atomic mass is 9.98. The zero-order chi connectivity index (χ0) is 17.0. The molecule has 1 atom stereocenters. The summed E-state index contributed by atoms with van der Waals surface area (Å²) in [6.45, 7) is 3.80. The number of benzene rings is 1. The zero-order valence-corrected chi connectivity index (χ0v) is 14.3. The fourth-order valence-corrected chi connectivity index (χ4v) is 5.29. The van der Waals surface area contributed by atoms with Crippen LogP contribution in [-0.2, 0) is 0 Å². The van der Waals surface area contributed by atoms with E-state index in [1.54, 1.807) is 26.5 Å². The zero-order valence-electron chi connectivity index (χ0n) is 13.4. The Kier molecular flexibility index (Phi) is 2.20. The molecule has 0 saturated carbocycles. The van der Waals surface area contributed by atoms with Gasteiger partial charge in [-0.2, -0.15) is 0 Å². The fraction of sp³-hybridized carbons (Fsp3) is 0.167. The number of aromatic nitrogens is 4. The second kappa shape index (κ2) is 4.07. The van der Waals surface area contributed by atoms with Gasteiger partial charge in [0.25, 0.3) is 5.56 Å². The summed E-state index contributed by atoms with van der Waals surface area (Å²) in [5.74, 6) is 0.750. The first-order valence-corrected chi connectivity index (χ1v) is 8.80. The summed E-state index contributed by atoms with van der Waals surface area (Å²) in [4.78, 5) is 23.1. The number of rotatable bonds is 0. The van der Waals surface area contributed by atoms with E-state index in [0.29, 0.717) is 11.0 Å². The van der Waals surface area contributed by atoms with Gasteiger partial charge in [0, 0.05) is 34.1 Å². The van der Waals surface area contributed by atoms with Crippen molar-refractivity contribution in [3.05, 3.63) is 51.8 Å². The Balaban J connectivity index is 1.95. The van der Waals surface area contributed by atoms with Crippen molar-refractivity contribution in [1.82, 2.24) is 18.9 Å². The lowest BCUT2D eigenvalue weighted by Gasteiger charge is -2.21. The highest BCUT2D eigenvalue weighted by Crippen LogP contribution is 2.48. The van der Waals surface area contributed by atoms with Crippen molar-refractivity contribution >= 4 is 37.8 Å². The maximum absolute atomic E-state index is 12.9. The lowest BCUT2D eigenvalue weighted by Crippen LogP contribution is -2.16. The molecule has 0 saturated heterocycles. The van der Waals surface area contributed by atoms with Crippen molar-refractivity contribution in [2.24, 2.45) is 0 Å². The number of aryl methyl sites for hydroxylation is 2. The number of imidazole rings is 2. The molecular formula is C18H12N4O2S. The number of hydrogen-bond acceptors (Lipinski definition) is 5. The molecule has 0 spiro atoms. The molecule has 6 rings (SSSR count). The predicted molar refractivity (Wildman–Crippen MR) is 96.6 cm³/mol. The molecule has 1 unspecified atom stereocenters. The predicted octanol–water partition coefficient (Wildman–Crippen LogP) is 2.83. The smallest absolute Gasteiger partial charge is 0.264 e. The molecule has 0 aliphatic carbocycles. The first-order valence-electron chi connectivity index (χ1n) is 7.99. The Hall–Kier alpha value is -2.77. The second-order valence-corrected chi connectivity index (χ2v) is 7.60. The third-order valence-corrected chi connectivity index (χ3v) is 6.15. The first kappa shape index (κ1) is 13.5. The van der Waals surface area contributed by atoms with E-state index in [0.717, 1.165) is 43.1 Å². The van der Waals surface area contributed by atoms with E-state index in [9.17, 15) is 9.90 Å². The van der Waals surface area contributed by atoms with Crippen molar-refractivity contribution in [2.45, 2.75) is 20.1 Å². The van der Waals surface area contributed by atoms with E-state index in [4.69, 9.17) is 0 Å². The minimum absolute atomic E-state index is 0.0708. The Labute approximate surface area is 145 Å². The Morgan fingerprint density at radius 2 is 1.92 bits per heavy atom. The molecule has 0 amide bonds. The van der Waals surface area contributed by atoms with E-state index >= 15 is 0 Å². The fourth-order valence-electron chi connectivity index (χ4n) is 3.97. The highest BCUT2D eigenvalue weighted by atomic mass is 32.1. The van der Waals surface area contributed by atoms with Crippen molar-refractivity contribution in [3.8, 4) is 10.7 Å². The maximum Gasteiger partial charge on any atom is 0.264 e. The lowest BCUT2D eigenvalue weighted by molar-refractivity contribution is 0.148. The SMILES string of the molecule is Cc1cn2c(n1)-c1sc3c4c1c(ccc4c(=O)n1cc(C)nc31)C2O. The number of aliphatic hydroxyl groups excluding tert-OH is 1. The highest BCUT2D eigenvalue weighted by molar-refractivity contribution is 7.24. The number of thiophene rings is 1. The Morgan fingerprint density at radius 3 is 2.76 bits per heavy atom. The van der Waals surface area contributed by atoms with Crippen LogP contribution in [0.2, 0.25) is 0 Å². The molecule has 1 N–H and O–H groups in total. The van der Waals surface area contributed by atoms with Crippen LogP contribution in [0.25, 0.3) is 37.2 Å². The molecule has 6 nitrogen and oxygen atoms in total. The van der Waals surface area contributed by atoms with Crippen LogP contribution in [0, 0.1) is 13.8 Å². The van der Waals surface area contributed by atoms with Gasteiger partial charge in [-0.1, -0.05) is 6.07 Å². The Bertz CT molecular complexity index is 1410. The van der Waals surface area contributed by atoms with Crippen LogP contribution in [0.4, 0.5) is 0 Å². The average molecular weight is 348 g/mol. The summed E-state index contributed by atoms with van der Waals surface area (Å²) < 4.78 is 4.39. The third-order valence-electron chi connectivity index (χ3n) is 4.97. The van der Waals surface area contributed by atoms with Gasteiger partial charge in [-0.05, 0) is 19.9 Å². The van der Waals surface area contributed by atoms with Crippen LogP contribution in [0.5, 0.6) is 0 Å².